The Bertz CT molecular complexity index is 453. The van der Waals surface area contributed by atoms with E-state index in [0.29, 0.717) is 0 Å². The molecular formula is C14H23N3O. The van der Waals surface area contributed by atoms with Gasteiger partial charge in [0, 0.05) is 25.1 Å². The molecule has 1 aromatic heterocycles. The average molecular weight is 249 g/mol. The van der Waals surface area contributed by atoms with E-state index in [1.54, 1.807) is 6.07 Å². The van der Waals surface area contributed by atoms with Crippen LogP contribution in [-0.4, -0.2) is 23.1 Å². The van der Waals surface area contributed by atoms with Gasteiger partial charge in [-0.1, -0.05) is 27.2 Å². The summed E-state index contributed by atoms with van der Waals surface area (Å²) in [6.45, 7) is 8.38. The van der Waals surface area contributed by atoms with Crippen molar-refractivity contribution in [3.05, 3.63) is 22.2 Å². The van der Waals surface area contributed by atoms with Crippen molar-refractivity contribution >= 4 is 5.82 Å². The molecule has 1 unspecified atom stereocenters. The fourth-order valence-corrected chi connectivity index (χ4v) is 2.51. The number of hydrogen-bond donors (Lipinski definition) is 1. The van der Waals surface area contributed by atoms with Crippen LogP contribution in [0.5, 0.6) is 0 Å². The zero-order chi connectivity index (χ0) is 13.1. The zero-order valence-electron chi connectivity index (χ0n) is 11.6. The highest BCUT2D eigenvalue weighted by Crippen LogP contribution is 2.23. The summed E-state index contributed by atoms with van der Waals surface area (Å²) in [5, 5.41) is 0. The van der Waals surface area contributed by atoms with Gasteiger partial charge in [-0.3, -0.25) is 4.79 Å². The molecule has 2 heterocycles. The van der Waals surface area contributed by atoms with E-state index in [-0.39, 0.29) is 11.5 Å². The molecule has 0 amide bonds. The van der Waals surface area contributed by atoms with Crippen LogP contribution in [0.4, 0.5) is 5.82 Å². The summed E-state index contributed by atoms with van der Waals surface area (Å²) < 4.78 is 0. The van der Waals surface area contributed by atoms with E-state index in [2.05, 4.69) is 21.8 Å². The Hall–Kier alpha value is -1.32. The topological polar surface area (TPSA) is 49.0 Å². The number of anilines is 1. The molecule has 1 atom stereocenters. The highest BCUT2D eigenvalue weighted by Gasteiger charge is 2.20. The average Bonchev–Trinajstić information content (AvgIpc) is 2.38. The van der Waals surface area contributed by atoms with Crippen LogP contribution in [0.1, 0.15) is 51.8 Å². The normalized spacial score (nSPS) is 20.4. The first-order chi connectivity index (χ1) is 8.60. The van der Waals surface area contributed by atoms with Gasteiger partial charge in [0.15, 0.2) is 0 Å². The Kier molecular flexibility index (Phi) is 4.04. The van der Waals surface area contributed by atoms with Crippen molar-refractivity contribution in [3.8, 4) is 0 Å². The van der Waals surface area contributed by atoms with Crippen LogP contribution in [0, 0.1) is 5.92 Å². The minimum atomic E-state index is -0.0395. The number of H-pyrrole nitrogens is 1. The summed E-state index contributed by atoms with van der Waals surface area (Å²) in [4.78, 5) is 21.4. The lowest BCUT2D eigenvalue weighted by molar-refractivity contribution is 0.402. The fraction of sp³-hybridized carbons (Fsp3) is 0.714. The molecule has 1 aliphatic rings. The van der Waals surface area contributed by atoms with Crippen LogP contribution in [0.25, 0.3) is 0 Å². The molecule has 4 heteroatoms. The van der Waals surface area contributed by atoms with E-state index in [0.717, 1.165) is 30.6 Å². The fourth-order valence-electron chi connectivity index (χ4n) is 2.51. The molecule has 4 nitrogen and oxygen atoms in total. The highest BCUT2D eigenvalue weighted by atomic mass is 16.1. The van der Waals surface area contributed by atoms with Crippen molar-refractivity contribution in [2.45, 2.75) is 46.0 Å². The molecule has 0 spiro atoms. The lowest BCUT2D eigenvalue weighted by atomic mass is 9.96. The number of hydrogen-bond acceptors (Lipinski definition) is 3. The molecule has 1 aromatic rings. The van der Waals surface area contributed by atoms with Gasteiger partial charge in [0.1, 0.15) is 11.6 Å². The third-order valence-corrected chi connectivity index (χ3v) is 3.71. The van der Waals surface area contributed by atoms with Crippen LogP contribution >= 0.6 is 0 Å². The minimum Gasteiger partial charge on any atom is -0.356 e. The van der Waals surface area contributed by atoms with E-state index < -0.39 is 0 Å². The van der Waals surface area contributed by atoms with Crippen molar-refractivity contribution in [1.82, 2.24) is 9.97 Å². The van der Waals surface area contributed by atoms with Crippen LogP contribution in [0.2, 0.25) is 0 Å². The Balaban J connectivity index is 2.24. The zero-order valence-corrected chi connectivity index (χ0v) is 11.6. The molecular weight excluding hydrogens is 226 g/mol. The van der Waals surface area contributed by atoms with Crippen molar-refractivity contribution in [1.29, 1.82) is 0 Å². The summed E-state index contributed by atoms with van der Waals surface area (Å²) in [5.74, 6) is 2.63. The smallest absolute Gasteiger partial charge is 0.252 e. The van der Waals surface area contributed by atoms with Gasteiger partial charge in [0.2, 0.25) is 0 Å². The first-order valence-corrected chi connectivity index (χ1v) is 6.96. The third-order valence-electron chi connectivity index (χ3n) is 3.71. The van der Waals surface area contributed by atoms with Gasteiger partial charge in [-0.2, -0.15) is 0 Å². The maximum Gasteiger partial charge on any atom is 0.252 e. The second-order valence-electron chi connectivity index (χ2n) is 5.51. The summed E-state index contributed by atoms with van der Waals surface area (Å²) in [5.41, 5.74) is -0.0395. The molecule has 0 bridgehead atoms. The van der Waals surface area contributed by atoms with Gasteiger partial charge in [-0.25, -0.2) is 4.98 Å². The first kappa shape index (κ1) is 13.1. The monoisotopic (exact) mass is 249 g/mol. The maximum absolute atomic E-state index is 11.7. The Labute approximate surface area is 108 Å². The molecule has 2 rings (SSSR count). The number of nitrogens with zero attached hydrogens (tertiary/aromatic N) is 2. The summed E-state index contributed by atoms with van der Waals surface area (Å²) in [6.07, 6.45) is 3.70. The van der Waals surface area contributed by atoms with Crippen molar-refractivity contribution < 1.29 is 0 Å². The quantitative estimate of drug-likeness (QED) is 0.895. The van der Waals surface area contributed by atoms with Crippen LogP contribution in [0.3, 0.4) is 0 Å². The number of aromatic amines is 1. The Morgan fingerprint density at radius 3 is 3.00 bits per heavy atom. The van der Waals surface area contributed by atoms with E-state index >= 15 is 0 Å². The van der Waals surface area contributed by atoms with Crippen molar-refractivity contribution in [3.63, 3.8) is 0 Å². The van der Waals surface area contributed by atoms with Gasteiger partial charge in [0.05, 0.1) is 0 Å². The molecule has 1 aliphatic heterocycles. The number of piperidine rings is 1. The van der Waals surface area contributed by atoms with Crippen LogP contribution in [-0.2, 0) is 0 Å². The van der Waals surface area contributed by atoms with E-state index in [1.807, 2.05) is 13.8 Å². The van der Waals surface area contributed by atoms with Gasteiger partial charge in [-0.15, -0.1) is 0 Å². The van der Waals surface area contributed by atoms with E-state index in [1.165, 1.54) is 19.3 Å². The van der Waals surface area contributed by atoms with Crippen molar-refractivity contribution in [2.75, 3.05) is 18.0 Å². The molecule has 18 heavy (non-hydrogen) atoms. The van der Waals surface area contributed by atoms with Crippen LogP contribution in [0.15, 0.2) is 10.9 Å². The van der Waals surface area contributed by atoms with E-state index in [4.69, 9.17) is 0 Å². The minimum absolute atomic E-state index is 0.0395. The number of rotatable bonds is 3. The maximum atomic E-state index is 11.7. The summed E-state index contributed by atoms with van der Waals surface area (Å²) in [6, 6.07) is 1.63. The highest BCUT2D eigenvalue weighted by molar-refractivity contribution is 5.38. The summed E-state index contributed by atoms with van der Waals surface area (Å²) in [7, 11) is 0. The second-order valence-corrected chi connectivity index (χ2v) is 5.51. The molecule has 1 saturated heterocycles. The first-order valence-electron chi connectivity index (χ1n) is 6.96. The SMILES string of the molecule is CCC1CCCN(c2cc(=O)[nH]c(C(C)C)n2)C1. The third kappa shape index (κ3) is 2.92. The van der Waals surface area contributed by atoms with Gasteiger partial charge >= 0.3 is 0 Å². The number of aromatic nitrogens is 2. The predicted molar refractivity (Wildman–Crippen MR) is 74.2 cm³/mol. The molecule has 0 radical (unpaired) electrons. The van der Waals surface area contributed by atoms with E-state index in [9.17, 15) is 4.79 Å². The largest absolute Gasteiger partial charge is 0.356 e. The molecule has 1 fully saturated rings. The van der Waals surface area contributed by atoms with Gasteiger partial charge in [-0.05, 0) is 18.8 Å². The van der Waals surface area contributed by atoms with Gasteiger partial charge < -0.3 is 9.88 Å². The second kappa shape index (κ2) is 5.55. The Morgan fingerprint density at radius 1 is 1.56 bits per heavy atom. The number of nitrogens with one attached hydrogen (secondary N) is 1. The molecule has 1 N–H and O–H groups in total. The molecule has 0 saturated carbocycles. The Morgan fingerprint density at radius 2 is 2.33 bits per heavy atom. The summed E-state index contributed by atoms with van der Waals surface area (Å²) >= 11 is 0. The molecule has 0 aliphatic carbocycles. The predicted octanol–water partition coefficient (Wildman–Crippen LogP) is 2.52. The van der Waals surface area contributed by atoms with Crippen LogP contribution < -0.4 is 10.5 Å². The molecule has 0 aromatic carbocycles. The van der Waals surface area contributed by atoms with Crippen molar-refractivity contribution in [2.24, 2.45) is 5.92 Å². The lowest BCUT2D eigenvalue weighted by Gasteiger charge is -2.33. The van der Waals surface area contributed by atoms with Gasteiger partial charge in [0.25, 0.3) is 5.56 Å². The standard InChI is InChI=1S/C14H23N3O/c1-4-11-6-5-7-17(9-11)12-8-13(18)16-14(15-12)10(2)3/h8,10-11H,4-7,9H2,1-3H3,(H,15,16,18). The molecule has 100 valence electrons. The lowest BCUT2D eigenvalue weighted by Crippen LogP contribution is -2.36.